The second-order valence-corrected chi connectivity index (χ2v) is 5.31. The smallest absolute Gasteiger partial charge is 0.228 e. The Balaban J connectivity index is 1.94. The molecule has 0 aliphatic carbocycles. The average Bonchev–Trinajstić information content (AvgIpc) is 2.99. The van der Waals surface area contributed by atoms with Crippen molar-refractivity contribution in [1.29, 1.82) is 0 Å². The van der Waals surface area contributed by atoms with Crippen molar-refractivity contribution in [3.8, 4) is 11.1 Å². The van der Waals surface area contributed by atoms with E-state index in [1.54, 1.807) is 16.2 Å². The maximum Gasteiger partial charge on any atom is 0.228 e. The van der Waals surface area contributed by atoms with Gasteiger partial charge in [0.05, 0.1) is 0 Å². The molecule has 1 aromatic carbocycles. The van der Waals surface area contributed by atoms with E-state index in [4.69, 9.17) is 5.73 Å². The van der Waals surface area contributed by atoms with Gasteiger partial charge in [0.15, 0.2) is 0 Å². The lowest BCUT2D eigenvalue weighted by molar-refractivity contribution is -0.117. The Morgan fingerprint density at radius 2 is 2.17 bits per heavy atom. The van der Waals surface area contributed by atoms with Gasteiger partial charge in [0, 0.05) is 24.7 Å². The monoisotopic (exact) mass is 258 g/mol. The molecule has 2 N–H and O–H groups in total. The van der Waals surface area contributed by atoms with Crippen molar-refractivity contribution in [3.05, 3.63) is 41.1 Å². The lowest BCUT2D eigenvalue weighted by Gasteiger charge is -2.16. The van der Waals surface area contributed by atoms with Gasteiger partial charge in [-0.3, -0.25) is 4.79 Å². The van der Waals surface area contributed by atoms with Crippen LogP contribution in [0, 0.1) is 0 Å². The summed E-state index contributed by atoms with van der Waals surface area (Å²) in [6.07, 6.45) is 0.447. The SMILES string of the molecule is NC1CC(=O)N(c2cccc(-c3ccsc3)c2)C1. The average molecular weight is 258 g/mol. The van der Waals surface area contributed by atoms with Crippen LogP contribution < -0.4 is 10.6 Å². The largest absolute Gasteiger partial charge is 0.326 e. The number of anilines is 1. The van der Waals surface area contributed by atoms with Crippen molar-refractivity contribution < 1.29 is 4.79 Å². The molecule has 2 heterocycles. The molecule has 1 aliphatic heterocycles. The summed E-state index contributed by atoms with van der Waals surface area (Å²) in [5.74, 6) is 0.116. The van der Waals surface area contributed by atoms with E-state index in [-0.39, 0.29) is 11.9 Å². The van der Waals surface area contributed by atoms with Crippen molar-refractivity contribution >= 4 is 22.9 Å². The number of amides is 1. The first kappa shape index (κ1) is 11.4. The van der Waals surface area contributed by atoms with Gasteiger partial charge in [-0.25, -0.2) is 0 Å². The van der Waals surface area contributed by atoms with E-state index >= 15 is 0 Å². The van der Waals surface area contributed by atoms with Crippen LogP contribution in [0.3, 0.4) is 0 Å². The highest BCUT2D eigenvalue weighted by Gasteiger charge is 2.27. The molecule has 1 atom stereocenters. The van der Waals surface area contributed by atoms with E-state index in [0.29, 0.717) is 13.0 Å². The molecule has 1 saturated heterocycles. The molecule has 0 bridgehead atoms. The highest BCUT2D eigenvalue weighted by atomic mass is 32.1. The molecular formula is C14H14N2OS. The summed E-state index contributed by atoms with van der Waals surface area (Å²) in [4.78, 5) is 13.6. The summed E-state index contributed by atoms with van der Waals surface area (Å²) in [6.45, 7) is 0.617. The number of thiophene rings is 1. The Morgan fingerprint density at radius 3 is 2.83 bits per heavy atom. The molecule has 3 nitrogen and oxygen atoms in total. The Kier molecular flexibility index (Phi) is 2.89. The summed E-state index contributed by atoms with van der Waals surface area (Å²) in [5, 5.41) is 4.16. The standard InChI is InChI=1S/C14H14N2OS/c15-12-7-14(17)16(8-12)13-3-1-2-10(6-13)11-4-5-18-9-11/h1-6,9,12H,7-8,15H2. The van der Waals surface area contributed by atoms with Crippen LogP contribution in [0.1, 0.15) is 6.42 Å². The van der Waals surface area contributed by atoms with E-state index in [9.17, 15) is 4.79 Å². The minimum Gasteiger partial charge on any atom is -0.326 e. The zero-order valence-corrected chi connectivity index (χ0v) is 10.7. The number of benzene rings is 1. The molecule has 0 radical (unpaired) electrons. The summed E-state index contributed by atoms with van der Waals surface area (Å²) in [5.41, 5.74) is 9.10. The van der Waals surface area contributed by atoms with Crippen LogP contribution in [0.4, 0.5) is 5.69 Å². The Bertz CT molecular complexity index is 565. The van der Waals surface area contributed by atoms with Gasteiger partial charge in [0.2, 0.25) is 5.91 Å². The van der Waals surface area contributed by atoms with Crippen LogP contribution >= 0.6 is 11.3 Å². The number of hydrogen-bond acceptors (Lipinski definition) is 3. The summed E-state index contributed by atoms with van der Waals surface area (Å²) in [6, 6.07) is 10.1. The number of hydrogen-bond donors (Lipinski definition) is 1. The summed E-state index contributed by atoms with van der Waals surface area (Å²) >= 11 is 1.67. The summed E-state index contributed by atoms with van der Waals surface area (Å²) < 4.78 is 0. The first-order valence-electron chi connectivity index (χ1n) is 5.92. The molecule has 1 fully saturated rings. The molecule has 18 heavy (non-hydrogen) atoms. The number of nitrogens with two attached hydrogens (primary N) is 1. The lowest BCUT2D eigenvalue weighted by atomic mass is 10.1. The van der Waals surface area contributed by atoms with Crippen LogP contribution in [0.2, 0.25) is 0 Å². The van der Waals surface area contributed by atoms with Crippen molar-refractivity contribution in [1.82, 2.24) is 0 Å². The predicted molar refractivity (Wildman–Crippen MR) is 74.7 cm³/mol. The Hall–Kier alpha value is -1.65. The third-order valence-corrected chi connectivity index (χ3v) is 3.85. The van der Waals surface area contributed by atoms with Gasteiger partial charge in [0.1, 0.15) is 0 Å². The van der Waals surface area contributed by atoms with Gasteiger partial charge in [-0.2, -0.15) is 11.3 Å². The summed E-state index contributed by atoms with van der Waals surface area (Å²) in [7, 11) is 0. The number of carbonyl (C=O) groups is 1. The molecule has 1 aliphatic rings. The second-order valence-electron chi connectivity index (χ2n) is 4.53. The molecule has 3 rings (SSSR count). The predicted octanol–water partition coefficient (Wildman–Crippen LogP) is 2.48. The van der Waals surface area contributed by atoms with Crippen LogP contribution in [-0.4, -0.2) is 18.5 Å². The van der Waals surface area contributed by atoms with Crippen molar-refractivity contribution in [2.24, 2.45) is 5.73 Å². The van der Waals surface area contributed by atoms with Crippen LogP contribution in [-0.2, 0) is 4.79 Å². The number of carbonyl (C=O) groups excluding carboxylic acids is 1. The van der Waals surface area contributed by atoms with E-state index in [1.807, 2.05) is 12.1 Å². The second kappa shape index (κ2) is 4.55. The van der Waals surface area contributed by atoms with Crippen LogP contribution in [0.15, 0.2) is 41.1 Å². The number of rotatable bonds is 2. The third-order valence-electron chi connectivity index (χ3n) is 3.17. The first-order chi connectivity index (χ1) is 8.74. The van der Waals surface area contributed by atoms with E-state index < -0.39 is 0 Å². The molecule has 0 spiro atoms. The Labute approximate surface area is 110 Å². The van der Waals surface area contributed by atoms with Gasteiger partial charge in [-0.05, 0) is 40.1 Å². The molecule has 92 valence electrons. The topological polar surface area (TPSA) is 46.3 Å². The fourth-order valence-electron chi connectivity index (χ4n) is 2.27. The minimum atomic E-state index is -0.0395. The molecular weight excluding hydrogens is 244 g/mol. The van der Waals surface area contributed by atoms with E-state index in [0.717, 1.165) is 11.3 Å². The number of nitrogens with zero attached hydrogens (tertiary/aromatic N) is 1. The highest BCUT2D eigenvalue weighted by Crippen LogP contribution is 2.28. The van der Waals surface area contributed by atoms with Crippen molar-refractivity contribution in [2.45, 2.75) is 12.5 Å². The minimum absolute atomic E-state index is 0.0395. The molecule has 1 aromatic heterocycles. The first-order valence-corrected chi connectivity index (χ1v) is 6.87. The molecule has 0 saturated carbocycles. The van der Waals surface area contributed by atoms with Crippen LogP contribution in [0.5, 0.6) is 0 Å². The fourth-order valence-corrected chi connectivity index (χ4v) is 2.93. The maximum absolute atomic E-state index is 11.8. The zero-order chi connectivity index (χ0) is 12.5. The highest BCUT2D eigenvalue weighted by molar-refractivity contribution is 7.08. The normalized spacial score (nSPS) is 19.5. The Morgan fingerprint density at radius 1 is 1.28 bits per heavy atom. The van der Waals surface area contributed by atoms with Crippen molar-refractivity contribution in [2.75, 3.05) is 11.4 Å². The molecule has 2 aromatic rings. The van der Waals surface area contributed by atoms with Gasteiger partial charge in [-0.15, -0.1) is 0 Å². The van der Waals surface area contributed by atoms with Gasteiger partial charge in [0.25, 0.3) is 0 Å². The zero-order valence-electron chi connectivity index (χ0n) is 9.87. The van der Waals surface area contributed by atoms with Gasteiger partial charge in [-0.1, -0.05) is 12.1 Å². The quantitative estimate of drug-likeness (QED) is 0.899. The third kappa shape index (κ3) is 2.05. The lowest BCUT2D eigenvalue weighted by Crippen LogP contribution is -2.27. The van der Waals surface area contributed by atoms with E-state index in [1.165, 1.54) is 5.56 Å². The molecule has 1 amide bonds. The van der Waals surface area contributed by atoms with Crippen LogP contribution in [0.25, 0.3) is 11.1 Å². The van der Waals surface area contributed by atoms with E-state index in [2.05, 4.69) is 29.0 Å². The molecule has 1 unspecified atom stereocenters. The van der Waals surface area contributed by atoms with Gasteiger partial charge >= 0.3 is 0 Å². The fraction of sp³-hybridized carbons (Fsp3) is 0.214. The molecule has 4 heteroatoms. The maximum atomic E-state index is 11.8. The van der Waals surface area contributed by atoms with Gasteiger partial charge < -0.3 is 10.6 Å². The van der Waals surface area contributed by atoms with Crippen molar-refractivity contribution in [3.63, 3.8) is 0 Å².